The highest BCUT2D eigenvalue weighted by molar-refractivity contribution is 7.85. The first-order valence-electron chi connectivity index (χ1n) is 41.6. The van der Waals surface area contributed by atoms with Gasteiger partial charge in [0.25, 0.3) is 0 Å². The molecule has 9 aromatic carbocycles. The molecule has 31 heteroatoms. The molecule has 0 saturated carbocycles. The van der Waals surface area contributed by atoms with Crippen molar-refractivity contribution in [3.8, 4) is 93.2 Å². The maximum absolute atomic E-state index is 12.0. The Kier molecular flexibility index (Phi) is 26.4. The van der Waals surface area contributed by atoms with Crippen LogP contribution in [0.25, 0.3) is 0 Å². The zero-order valence-electron chi connectivity index (χ0n) is 69.5. The third kappa shape index (κ3) is 20.2. The summed E-state index contributed by atoms with van der Waals surface area (Å²) in [5, 5.41) is 25.6. The van der Waals surface area contributed by atoms with Crippen molar-refractivity contribution in [3.05, 3.63) is 332 Å². The number of nitriles is 3. The van der Waals surface area contributed by atoms with Crippen LogP contribution < -0.4 is 61.5 Å². The molecule has 4 aliphatic carbocycles. The average Bonchev–Trinajstić information content (AvgIpc) is 1.67. The Morgan fingerprint density at radius 2 is 0.698 bits per heavy atom. The van der Waals surface area contributed by atoms with Crippen molar-refractivity contribution in [2.75, 3.05) is 7.11 Å². The Bertz CT molecular complexity index is 6320. The molecule has 8 aliphatic rings. The van der Waals surface area contributed by atoms with E-state index in [1.807, 2.05) is 189 Å². The van der Waals surface area contributed by atoms with Gasteiger partial charge in [0.2, 0.25) is 35.4 Å². The molecule has 650 valence electrons. The summed E-state index contributed by atoms with van der Waals surface area (Å²) >= 11 is 0. The number of methoxy groups -OCH3 is 1. The van der Waals surface area contributed by atoms with Crippen LogP contribution in [0.1, 0.15) is 186 Å². The topological polar surface area (TPSA) is 378 Å². The molecule has 3 aromatic heterocycles. The highest BCUT2D eigenvalue weighted by Gasteiger charge is 2.37. The van der Waals surface area contributed by atoms with Gasteiger partial charge < -0.3 is 42.6 Å². The number of benzene rings is 9. The van der Waals surface area contributed by atoms with Crippen molar-refractivity contribution in [1.82, 2.24) is 33.8 Å². The summed E-state index contributed by atoms with van der Waals surface area (Å²) in [6.45, 7) is 1.89. The van der Waals surface area contributed by atoms with Crippen LogP contribution in [0.3, 0.4) is 0 Å². The number of fused-ring (bicyclic) bond motifs is 4. The molecule has 12 aromatic rings. The summed E-state index contributed by atoms with van der Waals surface area (Å²) in [4.78, 5) is 58.5. The van der Waals surface area contributed by atoms with Gasteiger partial charge in [0, 0.05) is 66.3 Å². The number of nitrogens with zero attached hydrogens (tertiary/aromatic N) is 6. The number of nitrogens with one attached hydrogen (secondary N) is 4. The molecule has 27 nitrogen and oxygen atoms in total. The Hall–Kier alpha value is -14.4. The van der Waals surface area contributed by atoms with Crippen LogP contribution in [0.15, 0.2) is 243 Å². The van der Waals surface area contributed by atoms with E-state index in [0.717, 1.165) is 170 Å². The standard InChI is InChI=1S/C25H24N2O5S.C25H20N2O4S.2C24H19N3O4S/c1-15-20(12-13-25(26-15)30-2)32-21-5-3-4-18-19(21)10-11-22(18)31-17-8-6-16(7-9-17)23-14-24(28)27-33(23)29;26-15-16-3-1-4-19(13-16)31-22-6-2-5-20-21(22)11-12-23(20)30-18-9-7-17(8-10-18)24-14-25(28)27-32(24)29;25-13-15-4-11-24(26-14-15)31-20-3-1-2-18-19(20)9-10-21(18)30-17-7-5-16(6-8-17)22-12-23(28)27-32(22)29;25-13-16-6-9-18(14-26-16)31-21-3-1-2-19-20(21)10-11-22(19)30-17-7-4-15(5-8-17)23-12-24(28)27-32(23)29/h3-9,12-13,22-23H,10-11,14H2,1-2H3,(H,27,28);1-10,13,23-24H,11-12,14H2,(H,27,28);1-8,11,14,21-22H,9-10,12H2,(H,27,28);1-9,14,22-23H,10-12H2,(H,27,28)/t22-,23?,33?;23-,24?,32?;21-,22?,32?;22-,23?,32?/m1111/s1. The molecule has 12 atom stereocenters. The fourth-order valence-corrected chi connectivity index (χ4v) is 21.2. The van der Waals surface area contributed by atoms with Crippen LogP contribution in [0.5, 0.6) is 75.0 Å². The number of rotatable bonds is 21. The molecule has 4 aliphatic heterocycles. The fraction of sp³-hybridized carbons (Fsp3) is 0.224. The molecule has 8 unspecified atom stereocenters. The fourth-order valence-electron chi connectivity index (χ4n) is 16.6. The first-order valence-corrected chi connectivity index (χ1v) is 46.5. The lowest BCUT2D eigenvalue weighted by molar-refractivity contribution is -0.119. The summed E-state index contributed by atoms with van der Waals surface area (Å²) in [5.41, 5.74) is 14.4. The van der Waals surface area contributed by atoms with Gasteiger partial charge in [-0.2, -0.15) is 15.8 Å². The molecule has 0 bridgehead atoms. The molecule has 129 heavy (non-hydrogen) atoms. The zero-order chi connectivity index (χ0) is 89.2. The number of carbonyl (C=O) groups is 4. The molecule has 7 heterocycles. The van der Waals surface area contributed by atoms with Gasteiger partial charge in [-0.1, -0.05) is 103 Å². The van der Waals surface area contributed by atoms with Crippen molar-refractivity contribution in [2.45, 2.75) is 129 Å². The molecule has 4 saturated heterocycles. The van der Waals surface area contributed by atoms with Crippen LogP contribution in [0.2, 0.25) is 0 Å². The number of aryl methyl sites for hydroxylation is 1. The van der Waals surface area contributed by atoms with Crippen molar-refractivity contribution in [1.29, 1.82) is 15.8 Å². The highest BCUT2D eigenvalue weighted by atomic mass is 32.2. The first kappa shape index (κ1) is 86.7. The molecule has 4 amide bonds. The van der Waals surface area contributed by atoms with E-state index < -0.39 is 43.9 Å². The predicted octanol–water partition coefficient (Wildman–Crippen LogP) is 17.2. The van der Waals surface area contributed by atoms with Crippen LogP contribution in [0, 0.1) is 40.9 Å². The van der Waals surface area contributed by atoms with Crippen LogP contribution >= 0.6 is 0 Å². The van der Waals surface area contributed by atoms with Crippen LogP contribution in [-0.4, -0.2) is 62.5 Å². The summed E-state index contributed by atoms with van der Waals surface area (Å²) in [5.74, 6) is 8.14. The average molecular weight is 1800 g/mol. The Morgan fingerprint density at radius 1 is 0.341 bits per heavy atom. The van der Waals surface area contributed by atoms with Crippen LogP contribution in [0.4, 0.5) is 0 Å². The Labute approximate surface area is 752 Å². The number of hydrogen-bond acceptors (Lipinski definition) is 23. The van der Waals surface area contributed by atoms with Gasteiger partial charge in [-0.05, 0) is 218 Å². The van der Waals surface area contributed by atoms with Gasteiger partial charge in [0.05, 0.1) is 57.2 Å². The normalized spacial score (nSPS) is 21.4. The smallest absolute Gasteiger partial charge is 0.233 e. The van der Waals surface area contributed by atoms with Gasteiger partial charge >= 0.3 is 0 Å². The van der Waals surface area contributed by atoms with E-state index in [2.05, 4.69) is 52.0 Å². The van der Waals surface area contributed by atoms with E-state index in [1.54, 1.807) is 61.8 Å². The predicted molar refractivity (Wildman–Crippen MR) is 478 cm³/mol. The van der Waals surface area contributed by atoms with Gasteiger partial charge in [-0.15, -0.1) is 0 Å². The van der Waals surface area contributed by atoms with E-state index in [-0.39, 0.29) is 94.7 Å². The number of hydrogen-bond donors (Lipinski definition) is 4. The third-order valence-corrected chi connectivity index (χ3v) is 28.5. The molecular formula is C98H82N10O17S4. The van der Waals surface area contributed by atoms with E-state index >= 15 is 0 Å². The van der Waals surface area contributed by atoms with Crippen molar-refractivity contribution in [3.63, 3.8) is 0 Å². The monoisotopic (exact) mass is 1800 g/mol. The van der Waals surface area contributed by atoms with Crippen LogP contribution in [-0.2, 0) is 88.8 Å². The highest BCUT2D eigenvalue weighted by Crippen LogP contribution is 2.47. The summed E-state index contributed by atoms with van der Waals surface area (Å²) in [6.07, 6.45) is 10.3. The van der Waals surface area contributed by atoms with Gasteiger partial charge in [0.15, 0.2) is 0 Å². The minimum absolute atomic E-state index is 0.0756. The molecule has 0 radical (unpaired) electrons. The Balaban J connectivity index is 0.000000121. The number of ether oxygens (including phenoxy) is 9. The van der Waals surface area contributed by atoms with E-state index in [1.165, 1.54) is 6.20 Å². The lowest BCUT2D eigenvalue weighted by Gasteiger charge is -2.17. The summed E-state index contributed by atoms with van der Waals surface area (Å²) < 4.78 is 112. The number of amides is 4. The largest absolute Gasteiger partial charge is 0.486 e. The van der Waals surface area contributed by atoms with E-state index in [0.29, 0.717) is 45.8 Å². The molecule has 0 spiro atoms. The summed E-state index contributed by atoms with van der Waals surface area (Å²) in [6, 6.07) is 77.3. The van der Waals surface area contributed by atoms with Gasteiger partial charge in [-0.3, -0.25) is 38.1 Å². The first-order chi connectivity index (χ1) is 62.8. The summed E-state index contributed by atoms with van der Waals surface area (Å²) in [7, 11) is -3.91. The quantitative estimate of drug-likeness (QED) is 0.0519. The number of carbonyl (C=O) groups excluding carboxylic acids is 4. The maximum atomic E-state index is 12.0. The zero-order valence-corrected chi connectivity index (χ0v) is 72.7. The third-order valence-electron chi connectivity index (χ3n) is 23.0. The van der Waals surface area contributed by atoms with E-state index in [4.69, 9.17) is 58.4 Å². The molecule has 20 rings (SSSR count). The van der Waals surface area contributed by atoms with Crippen molar-refractivity contribution >= 4 is 67.6 Å². The van der Waals surface area contributed by atoms with Crippen molar-refractivity contribution < 1.29 is 78.6 Å². The number of pyridine rings is 3. The maximum Gasteiger partial charge on any atom is 0.233 e. The lowest BCUT2D eigenvalue weighted by atomic mass is 10.1. The molecular weight excluding hydrogens is 1720 g/mol. The minimum Gasteiger partial charge on any atom is -0.486 e. The second kappa shape index (κ2) is 39.2. The molecule has 4 fully saturated rings. The second-order valence-electron chi connectivity index (χ2n) is 31.2. The minimum atomic E-state index is -1.38. The van der Waals surface area contributed by atoms with Gasteiger partial charge in [-0.25, -0.2) is 31.8 Å². The Morgan fingerprint density at radius 3 is 1.02 bits per heavy atom. The number of aromatic nitrogens is 3. The SMILES string of the molecule is COc1ccc(Oc2cccc3c2CC[C@H]3Oc2ccc(C3CC(=O)NS3=O)cc2)c(C)n1.N#Cc1ccc(Oc2cccc3c2CC[C@H]3Oc2ccc(C3CC(=O)NS3=O)cc2)cn1.N#Cc1ccc(Oc2cccc3c2CC[C@H]3Oc2ccc(C3CC(=O)NS3=O)cc2)nc1.N#Cc1cccc(Oc2cccc3c2CC[C@H]3Oc2ccc(C3CC(=O)NS3=O)cc2)c1. The van der Waals surface area contributed by atoms with Gasteiger partial charge in [0.1, 0.15) is 149 Å². The van der Waals surface area contributed by atoms with E-state index in [9.17, 15) is 36.0 Å². The lowest BCUT2D eigenvalue weighted by Crippen LogP contribution is -2.15. The molecule has 4 N–H and O–H groups in total. The second-order valence-corrected chi connectivity index (χ2v) is 36.7. The van der Waals surface area contributed by atoms with Crippen molar-refractivity contribution in [2.24, 2.45) is 0 Å².